The summed E-state index contributed by atoms with van der Waals surface area (Å²) in [4.78, 5) is 21.5. The molecule has 0 aliphatic rings. The van der Waals surface area contributed by atoms with E-state index < -0.39 is 4.92 Å². The molecule has 1 aromatic rings. The van der Waals surface area contributed by atoms with Crippen molar-refractivity contribution in [2.45, 2.75) is 0 Å². The fourth-order valence-corrected chi connectivity index (χ4v) is 1.34. The minimum absolute atomic E-state index is 0.0444. The number of nitro benzene ring substituents is 1. The van der Waals surface area contributed by atoms with Gasteiger partial charge in [0.15, 0.2) is 0 Å². The van der Waals surface area contributed by atoms with Gasteiger partial charge in [-0.05, 0) is 12.1 Å². The predicted octanol–water partition coefficient (Wildman–Crippen LogP) is 1.58. The summed E-state index contributed by atoms with van der Waals surface area (Å²) in [5.41, 5.74) is 0.329. The number of benzene rings is 1. The van der Waals surface area contributed by atoms with Crippen LogP contribution in [0, 0.1) is 10.1 Å². The number of nitrogens with one attached hydrogen (secondary N) is 1. The molecule has 0 aliphatic heterocycles. The van der Waals surface area contributed by atoms with Crippen molar-refractivity contribution in [2.24, 2.45) is 0 Å². The summed E-state index contributed by atoms with van der Waals surface area (Å²) in [6.45, 7) is 1.19. The Labute approximate surface area is 109 Å². The first kappa shape index (κ1) is 14.4. The smallest absolute Gasteiger partial charge is 0.269 e. The number of carbonyl (C=O) groups is 1. The lowest BCUT2D eigenvalue weighted by Gasteiger charge is -2.05. The van der Waals surface area contributed by atoms with E-state index in [4.69, 9.17) is 16.3 Å². The molecule has 6 nitrogen and oxygen atoms in total. The Morgan fingerprint density at radius 2 is 2.00 bits per heavy atom. The molecule has 0 unspecified atom stereocenters. The third kappa shape index (κ3) is 4.68. The summed E-state index contributed by atoms with van der Waals surface area (Å²) in [5.74, 6) is 0.121. The van der Waals surface area contributed by atoms with Crippen LogP contribution in [-0.4, -0.2) is 36.5 Å². The Morgan fingerprint density at radius 1 is 1.33 bits per heavy atom. The molecule has 0 heterocycles. The van der Waals surface area contributed by atoms with Crippen molar-refractivity contribution in [3.8, 4) is 0 Å². The summed E-state index contributed by atoms with van der Waals surface area (Å²) in [7, 11) is 0. The Kier molecular flexibility index (Phi) is 6.10. The van der Waals surface area contributed by atoms with Crippen LogP contribution in [-0.2, 0) is 4.74 Å². The molecular formula is C11H13ClN2O4. The summed E-state index contributed by atoms with van der Waals surface area (Å²) in [5, 5.41) is 13.1. The van der Waals surface area contributed by atoms with Crippen LogP contribution in [0.4, 0.5) is 5.69 Å². The largest absolute Gasteiger partial charge is 0.378 e. The molecule has 7 heteroatoms. The number of amides is 1. The second-order valence-electron chi connectivity index (χ2n) is 3.36. The van der Waals surface area contributed by atoms with Gasteiger partial charge in [0.25, 0.3) is 11.6 Å². The zero-order chi connectivity index (χ0) is 13.4. The predicted molar refractivity (Wildman–Crippen MR) is 67.0 cm³/mol. The number of nitrogens with zero attached hydrogens (tertiary/aromatic N) is 1. The van der Waals surface area contributed by atoms with Crippen molar-refractivity contribution in [3.63, 3.8) is 0 Å². The molecular weight excluding hydrogens is 260 g/mol. The summed E-state index contributed by atoms with van der Waals surface area (Å²) < 4.78 is 5.08. The van der Waals surface area contributed by atoms with Crippen molar-refractivity contribution < 1.29 is 14.5 Å². The lowest BCUT2D eigenvalue weighted by molar-refractivity contribution is -0.384. The highest BCUT2D eigenvalue weighted by atomic mass is 35.5. The minimum Gasteiger partial charge on any atom is -0.378 e. The summed E-state index contributed by atoms with van der Waals surface area (Å²) in [6, 6.07) is 5.40. The monoisotopic (exact) mass is 272 g/mol. The molecule has 0 bridgehead atoms. The zero-order valence-corrected chi connectivity index (χ0v) is 10.4. The Bertz CT molecular complexity index is 408. The number of hydrogen-bond acceptors (Lipinski definition) is 4. The molecule has 1 rings (SSSR count). The Morgan fingerprint density at radius 3 is 2.56 bits per heavy atom. The number of rotatable bonds is 7. The van der Waals surface area contributed by atoms with Crippen LogP contribution < -0.4 is 5.32 Å². The highest BCUT2D eigenvalue weighted by molar-refractivity contribution is 6.17. The molecule has 0 saturated heterocycles. The molecule has 0 fully saturated rings. The molecule has 0 aliphatic carbocycles. The first-order chi connectivity index (χ1) is 8.65. The van der Waals surface area contributed by atoms with E-state index in [2.05, 4.69) is 5.32 Å². The van der Waals surface area contributed by atoms with Gasteiger partial charge in [0, 0.05) is 30.1 Å². The quantitative estimate of drug-likeness (QED) is 0.354. The number of hydrogen-bond donors (Lipinski definition) is 1. The maximum absolute atomic E-state index is 11.6. The molecule has 0 aromatic heterocycles. The molecule has 98 valence electrons. The molecule has 18 heavy (non-hydrogen) atoms. The number of nitro groups is 1. The van der Waals surface area contributed by atoms with Crippen molar-refractivity contribution in [1.29, 1.82) is 0 Å². The average Bonchev–Trinajstić information content (AvgIpc) is 2.38. The topological polar surface area (TPSA) is 81.5 Å². The van der Waals surface area contributed by atoms with Crippen LogP contribution in [0.2, 0.25) is 0 Å². The van der Waals surface area contributed by atoms with E-state index in [1.807, 2.05) is 0 Å². The zero-order valence-electron chi connectivity index (χ0n) is 9.60. The fraction of sp³-hybridized carbons (Fsp3) is 0.364. The van der Waals surface area contributed by atoms with E-state index in [9.17, 15) is 14.9 Å². The third-order valence-corrected chi connectivity index (χ3v) is 2.25. The van der Waals surface area contributed by atoms with Crippen LogP contribution >= 0.6 is 11.6 Å². The second kappa shape index (κ2) is 7.62. The number of carbonyl (C=O) groups excluding carboxylic acids is 1. The maximum atomic E-state index is 11.6. The molecule has 1 aromatic carbocycles. The lowest BCUT2D eigenvalue weighted by atomic mass is 10.2. The average molecular weight is 273 g/mol. The highest BCUT2D eigenvalue weighted by Crippen LogP contribution is 2.11. The van der Waals surface area contributed by atoms with Crippen LogP contribution in [0.15, 0.2) is 24.3 Å². The van der Waals surface area contributed by atoms with Gasteiger partial charge in [0.1, 0.15) is 0 Å². The third-order valence-electron chi connectivity index (χ3n) is 2.09. The van der Waals surface area contributed by atoms with Gasteiger partial charge < -0.3 is 10.1 Å². The maximum Gasteiger partial charge on any atom is 0.269 e. The number of non-ortho nitro benzene ring substituents is 1. The van der Waals surface area contributed by atoms with Gasteiger partial charge in [-0.15, -0.1) is 11.6 Å². The van der Waals surface area contributed by atoms with Gasteiger partial charge >= 0.3 is 0 Å². The first-order valence-corrected chi connectivity index (χ1v) is 5.85. The van der Waals surface area contributed by atoms with E-state index >= 15 is 0 Å². The van der Waals surface area contributed by atoms with E-state index in [0.29, 0.717) is 31.2 Å². The van der Waals surface area contributed by atoms with Crippen molar-refractivity contribution in [1.82, 2.24) is 5.32 Å². The van der Waals surface area contributed by atoms with Gasteiger partial charge in [-0.2, -0.15) is 0 Å². The van der Waals surface area contributed by atoms with Crippen LogP contribution in [0.1, 0.15) is 10.4 Å². The fourth-order valence-electron chi connectivity index (χ4n) is 1.23. The van der Waals surface area contributed by atoms with Crippen molar-refractivity contribution >= 4 is 23.2 Å². The molecule has 1 N–H and O–H groups in total. The van der Waals surface area contributed by atoms with Gasteiger partial charge in [0.2, 0.25) is 0 Å². The number of ether oxygens (including phenoxy) is 1. The molecule has 1 amide bonds. The molecule has 0 saturated carbocycles. The van der Waals surface area contributed by atoms with E-state index in [1.165, 1.54) is 24.3 Å². The first-order valence-electron chi connectivity index (χ1n) is 5.31. The van der Waals surface area contributed by atoms with Gasteiger partial charge in [-0.3, -0.25) is 14.9 Å². The number of alkyl halides is 1. The molecule has 0 radical (unpaired) electrons. The Balaban J connectivity index is 2.39. The summed E-state index contributed by atoms with van der Waals surface area (Å²) in [6.07, 6.45) is 0. The SMILES string of the molecule is O=C(NCCOCCCl)c1ccc([N+](=O)[O-])cc1. The van der Waals surface area contributed by atoms with E-state index in [1.54, 1.807) is 0 Å². The normalized spacial score (nSPS) is 10.1. The lowest BCUT2D eigenvalue weighted by Crippen LogP contribution is -2.27. The van der Waals surface area contributed by atoms with E-state index in [-0.39, 0.29) is 11.6 Å². The molecule has 0 atom stereocenters. The van der Waals surface area contributed by atoms with E-state index in [0.717, 1.165) is 0 Å². The standard InChI is InChI=1S/C11H13ClN2O4/c12-5-7-18-8-6-13-11(15)9-1-3-10(4-2-9)14(16)17/h1-4H,5-8H2,(H,13,15). The van der Waals surface area contributed by atoms with Crippen LogP contribution in [0.25, 0.3) is 0 Å². The summed E-state index contributed by atoms with van der Waals surface area (Å²) >= 11 is 5.41. The van der Waals surface area contributed by atoms with Crippen LogP contribution in [0.5, 0.6) is 0 Å². The van der Waals surface area contributed by atoms with Crippen LogP contribution in [0.3, 0.4) is 0 Å². The molecule has 0 spiro atoms. The second-order valence-corrected chi connectivity index (χ2v) is 3.74. The minimum atomic E-state index is -0.512. The van der Waals surface area contributed by atoms with Gasteiger partial charge in [-0.25, -0.2) is 0 Å². The van der Waals surface area contributed by atoms with Gasteiger partial charge in [-0.1, -0.05) is 0 Å². The van der Waals surface area contributed by atoms with Crippen molar-refractivity contribution in [2.75, 3.05) is 25.6 Å². The highest BCUT2D eigenvalue weighted by Gasteiger charge is 2.08. The van der Waals surface area contributed by atoms with Gasteiger partial charge in [0.05, 0.1) is 18.1 Å². The Hall–Kier alpha value is -1.66. The number of halogens is 1. The van der Waals surface area contributed by atoms with Crippen molar-refractivity contribution in [3.05, 3.63) is 39.9 Å².